The van der Waals surface area contributed by atoms with E-state index in [1.807, 2.05) is 0 Å². The normalized spacial score (nSPS) is 14.8. The Kier molecular flexibility index (Phi) is 6.14. The third-order valence-electron chi connectivity index (χ3n) is 3.93. The molecule has 1 fully saturated rings. The molecule has 0 heterocycles. The monoisotopic (exact) mass is 317 g/mol. The fraction of sp³-hybridized carbons (Fsp3) is 0.471. The molecule has 3 N–H and O–H groups in total. The van der Waals surface area contributed by atoms with Gasteiger partial charge in [0.15, 0.2) is 5.78 Å². The Labute approximate surface area is 136 Å². The lowest BCUT2D eigenvalue weighted by Crippen LogP contribution is -2.45. The first-order valence-corrected chi connectivity index (χ1v) is 8.00. The van der Waals surface area contributed by atoms with Crippen LogP contribution in [-0.4, -0.2) is 30.3 Å². The average Bonchev–Trinajstić information content (AvgIpc) is 2.54. The number of amides is 3. The smallest absolute Gasteiger partial charge is 0.315 e. The maximum atomic E-state index is 11.8. The molecular formula is C17H23N3O3. The highest BCUT2D eigenvalue weighted by Gasteiger charge is 2.15. The zero-order valence-electron chi connectivity index (χ0n) is 13.4. The molecule has 0 bridgehead atoms. The number of urea groups is 1. The summed E-state index contributed by atoms with van der Waals surface area (Å²) in [5.41, 5.74) is 1.18. The molecule has 3 amide bonds. The van der Waals surface area contributed by atoms with Gasteiger partial charge in [0.25, 0.3) is 0 Å². The van der Waals surface area contributed by atoms with E-state index < -0.39 is 0 Å². The number of carbonyl (C=O) groups is 3. The fourth-order valence-corrected chi connectivity index (χ4v) is 2.64. The summed E-state index contributed by atoms with van der Waals surface area (Å²) in [7, 11) is 0. The lowest BCUT2D eigenvalue weighted by atomic mass is 9.96. The van der Waals surface area contributed by atoms with E-state index in [4.69, 9.17) is 0 Å². The summed E-state index contributed by atoms with van der Waals surface area (Å²) in [5.74, 6) is -0.330. The molecule has 6 nitrogen and oxygen atoms in total. The minimum absolute atomic E-state index is 0.0241. The van der Waals surface area contributed by atoms with Crippen molar-refractivity contribution < 1.29 is 14.4 Å². The average molecular weight is 317 g/mol. The largest absolute Gasteiger partial charge is 0.335 e. The van der Waals surface area contributed by atoms with Crippen molar-refractivity contribution in [1.82, 2.24) is 10.6 Å². The van der Waals surface area contributed by atoms with Crippen molar-refractivity contribution in [2.75, 3.05) is 11.9 Å². The molecule has 0 unspecified atom stereocenters. The second-order valence-electron chi connectivity index (χ2n) is 5.84. The SMILES string of the molecule is CC(=O)c1ccc(NC(=O)CNC(=O)NC2CCCCC2)cc1. The van der Waals surface area contributed by atoms with Crippen LogP contribution < -0.4 is 16.0 Å². The maximum absolute atomic E-state index is 11.8. The lowest BCUT2D eigenvalue weighted by molar-refractivity contribution is -0.115. The van der Waals surface area contributed by atoms with Gasteiger partial charge in [0.1, 0.15) is 0 Å². The standard InChI is InChI=1S/C17H23N3O3/c1-12(21)13-7-9-15(10-8-13)19-16(22)11-18-17(23)20-14-5-3-2-4-6-14/h7-10,14H,2-6,11H2,1H3,(H,19,22)(H2,18,20,23). The van der Waals surface area contributed by atoms with Gasteiger partial charge in [0, 0.05) is 17.3 Å². The van der Waals surface area contributed by atoms with Gasteiger partial charge in [-0.15, -0.1) is 0 Å². The quantitative estimate of drug-likeness (QED) is 0.729. The van der Waals surface area contributed by atoms with Crippen LogP contribution >= 0.6 is 0 Å². The van der Waals surface area contributed by atoms with Gasteiger partial charge < -0.3 is 16.0 Å². The van der Waals surface area contributed by atoms with Crippen LogP contribution in [-0.2, 0) is 4.79 Å². The van der Waals surface area contributed by atoms with Crippen molar-refractivity contribution in [1.29, 1.82) is 0 Å². The minimum atomic E-state index is -0.307. The number of hydrogen-bond donors (Lipinski definition) is 3. The summed E-state index contributed by atoms with van der Waals surface area (Å²) in [4.78, 5) is 34.7. The number of benzene rings is 1. The van der Waals surface area contributed by atoms with Crippen molar-refractivity contribution in [3.8, 4) is 0 Å². The minimum Gasteiger partial charge on any atom is -0.335 e. The number of carbonyl (C=O) groups excluding carboxylic acids is 3. The summed E-state index contributed by atoms with van der Waals surface area (Å²) in [5, 5.41) is 8.13. The van der Waals surface area contributed by atoms with E-state index in [0.29, 0.717) is 11.3 Å². The predicted molar refractivity (Wildman–Crippen MR) is 88.5 cm³/mol. The lowest BCUT2D eigenvalue weighted by Gasteiger charge is -2.22. The first kappa shape index (κ1) is 17.0. The van der Waals surface area contributed by atoms with Gasteiger partial charge in [-0.05, 0) is 44.0 Å². The van der Waals surface area contributed by atoms with Crippen LogP contribution in [0.2, 0.25) is 0 Å². The molecule has 1 aromatic rings. The first-order chi connectivity index (χ1) is 11.0. The molecular weight excluding hydrogens is 294 g/mol. The highest BCUT2D eigenvalue weighted by atomic mass is 16.2. The van der Waals surface area contributed by atoms with Crippen LogP contribution in [0.3, 0.4) is 0 Å². The van der Waals surface area contributed by atoms with Gasteiger partial charge in [0.05, 0.1) is 6.54 Å². The second kappa shape index (κ2) is 8.31. The molecule has 1 saturated carbocycles. The molecule has 0 radical (unpaired) electrons. The molecule has 6 heteroatoms. The highest BCUT2D eigenvalue weighted by molar-refractivity contribution is 5.96. The number of anilines is 1. The maximum Gasteiger partial charge on any atom is 0.315 e. The van der Waals surface area contributed by atoms with Crippen molar-refractivity contribution in [3.63, 3.8) is 0 Å². The number of hydrogen-bond acceptors (Lipinski definition) is 3. The van der Waals surface area contributed by atoms with E-state index >= 15 is 0 Å². The summed E-state index contributed by atoms with van der Waals surface area (Å²) in [6.07, 6.45) is 5.51. The molecule has 0 aliphatic heterocycles. The number of nitrogens with one attached hydrogen (secondary N) is 3. The van der Waals surface area contributed by atoms with Gasteiger partial charge >= 0.3 is 6.03 Å². The Bertz CT molecular complexity index is 563. The summed E-state index contributed by atoms with van der Waals surface area (Å²) >= 11 is 0. The second-order valence-corrected chi connectivity index (χ2v) is 5.84. The van der Waals surface area contributed by atoms with Crippen LogP contribution in [0.5, 0.6) is 0 Å². The van der Waals surface area contributed by atoms with Gasteiger partial charge in [-0.3, -0.25) is 9.59 Å². The van der Waals surface area contributed by atoms with E-state index in [1.54, 1.807) is 24.3 Å². The van der Waals surface area contributed by atoms with Crippen molar-refractivity contribution >= 4 is 23.4 Å². The van der Waals surface area contributed by atoms with Crippen molar-refractivity contribution in [3.05, 3.63) is 29.8 Å². The Morgan fingerprint density at radius 1 is 1.04 bits per heavy atom. The van der Waals surface area contributed by atoms with Gasteiger partial charge in [-0.25, -0.2) is 4.79 Å². The Morgan fingerprint density at radius 3 is 2.30 bits per heavy atom. The Balaban J connectivity index is 1.71. The molecule has 0 spiro atoms. The van der Waals surface area contributed by atoms with Crippen LogP contribution in [0.15, 0.2) is 24.3 Å². The first-order valence-electron chi connectivity index (χ1n) is 8.00. The van der Waals surface area contributed by atoms with E-state index in [1.165, 1.54) is 13.3 Å². The summed E-state index contributed by atoms with van der Waals surface area (Å²) in [6.45, 7) is 1.40. The Morgan fingerprint density at radius 2 is 1.70 bits per heavy atom. The zero-order chi connectivity index (χ0) is 16.7. The van der Waals surface area contributed by atoms with Crippen LogP contribution in [0.4, 0.5) is 10.5 Å². The molecule has 0 atom stereocenters. The van der Waals surface area contributed by atoms with Crippen molar-refractivity contribution in [2.45, 2.75) is 45.1 Å². The number of Topliss-reactive ketones (excluding diaryl/α,β-unsaturated/α-hetero) is 1. The van der Waals surface area contributed by atoms with E-state index in [-0.39, 0.29) is 30.3 Å². The van der Waals surface area contributed by atoms with Crippen molar-refractivity contribution in [2.24, 2.45) is 0 Å². The third kappa shape index (κ3) is 5.73. The molecule has 1 aromatic carbocycles. The third-order valence-corrected chi connectivity index (χ3v) is 3.93. The fourth-order valence-electron chi connectivity index (χ4n) is 2.64. The van der Waals surface area contributed by atoms with Gasteiger partial charge in [-0.2, -0.15) is 0 Å². The van der Waals surface area contributed by atoms with E-state index in [9.17, 15) is 14.4 Å². The van der Waals surface area contributed by atoms with Crippen LogP contribution in [0, 0.1) is 0 Å². The van der Waals surface area contributed by atoms with Crippen LogP contribution in [0.25, 0.3) is 0 Å². The molecule has 124 valence electrons. The molecule has 2 rings (SSSR count). The summed E-state index contributed by atoms with van der Waals surface area (Å²) < 4.78 is 0. The number of rotatable bonds is 5. The molecule has 23 heavy (non-hydrogen) atoms. The summed E-state index contributed by atoms with van der Waals surface area (Å²) in [6, 6.07) is 6.54. The Hall–Kier alpha value is -2.37. The molecule has 0 aromatic heterocycles. The van der Waals surface area contributed by atoms with Gasteiger partial charge in [0.2, 0.25) is 5.91 Å². The highest BCUT2D eigenvalue weighted by Crippen LogP contribution is 2.17. The number of ketones is 1. The topological polar surface area (TPSA) is 87.3 Å². The van der Waals surface area contributed by atoms with E-state index in [0.717, 1.165) is 25.7 Å². The predicted octanol–water partition coefficient (Wildman–Crippen LogP) is 2.46. The van der Waals surface area contributed by atoms with Crippen LogP contribution in [0.1, 0.15) is 49.4 Å². The zero-order valence-corrected chi connectivity index (χ0v) is 13.4. The van der Waals surface area contributed by atoms with Gasteiger partial charge in [-0.1, -0.05) is 19.3 Å². The molecule has 1 aliphatic carbocycles. The van der Waals surface area contributed by atoms with E-state index in [2.05, 4.69) is 16.0 Å². The molecule has 0 saturated heterocycles. The molecule has 1 aliphatic rings.